The zero-order valence-corrected chi connectivity index (χ0v) is 11.0. The molecule has 2 aromatic heterocycles. The van der Waals surface area contributed by atoms with E-state index in [0.29, 0.717) is 4.77 Å². The third-order valence-corrected chi connectivity index (χ3v) is 3.42. The minimum absolute atomic E-state index is 0.255. The predicted octanol–water partition coefficient (Wildman–Crippen LogP) is 3.12. The number of hydrogen-bond acceptors (Lipinski definition) is 2. The van der Waals surface area contributed by atoms with Gasteiger partial charge in [0.15, 0.2) is 4.77 Å². The molecule has 4 nitrogen and oxygen atoms in total. The van der Waals surface area contributed by atoms with Crippen LogP contribution in [-0.2, 0) is 13.1 Å². The van der Waals surface area contributed by atoms with Gasteiger partial charge in [0.1, 0.15) is 5.82 Å². The summed E-state index contributed by atoms with van der Waals surface area (Å²) in [7, 11) is 0. The van der Waals surface area contributed by atoms with Crippen LogP contribution in [0.5, 0.6) is 0 Å². The van der Waals surface area contributed by atoms with Gasteiger partial charge in [-0.2, -0.15) is 0 Å². The van der Waals surface area contributed by atoms with Crippen molar-refractivity contribution in [2.24, 2.45) is 0 Å². The summed E-state index contributed by atoms with van der Waals surface area (Å²) in [6.45, 7) is 1.68. The highest BCUT2D eigenvalue weighted by Gasteiger charge is 2.05. The Bertz CT molecular complexity index is 742. The van der Waals surface area contributed by atoms with Crippen molar-refractivity contribution in [3.8, 4) is 0 Å². The second-order valence-electron chi connectivity index (χ2n) is 4.40. The first-order valence-electron chi connectivity index (χ1n) is 6.08. The minimum Gasteiger partial charge on any atom is -0.337 e. The first-order valence-corrected chi connectivity index (χ1v) is 6.49. The van der Waals surface area contributed by atoms with Crippen LogP contribution < -0.4 is 0 Å². The van der Waals surface area contributed by atoms with Crippen molar-refractivity contribution in [1.29, 1.82) is 0 Å². The van der Waals surface area contributed by atoms with Gasteiger partial charge in [-0.15, -0.1) is 0 Å². The fourth-order valence-electron chi connectivity index (χ4n) is 2.19. The van der Waals surface area contributed by atoms with Crippen LogP contribution in [0.2, 0.25) is 0 Å². The molecule has 0 fully saturated rings. The number of hydrogen-bond donors (Lipinski definition) is 1. The number of imidazole rings is 2. The maximum atomic E-state index is 13.1. The Hall–Kier alpha value is -1.95. The van der Waals surface area contributed by atoms with E-state index < -0.39 is 0 Å². The van der Waals surface area contributed by atoms with Crippen molar-refractivity contribution < 1.29 is 4.39 Å². The Balaban J connectivity index is 1.80. The van der Waals surface area contributed by atoms with Crippen molar-refractivity contribution >= 4 is 23.3 Å². The number of H-pyrrole nitrogens is 1. The lowest BCUT2D eigenvalue weighted by Crippen LogP contribution is -2.02. The van der Waals surface area contributed by atoms with Gasteiger partial charge >= 0.3 is 0 Å². The van der Waals surface area contributed by atoms with Crippen LogP contribution in [0, 0.1) is 10.6 Å². The molecule has 1 aromatic carbocycles. The van der Waals surface area contributed by atoms with Gasteiger partial charge in [-0.1, -0.05) is 0 Å². The summed E-state index contributed by atoms with van der Waals surface area (Å²) < 4.78 is 17.8. The van der Waals surface area contributed by atoms with Crippen LogP contribution >= 0.6 is 12.2 Å². The lowest BCUT2D eigenvalue weighted by Gasteiger charge is -2.05. The molecule has 0 unspecified atom stereocenters. The molecule has 0 aliphatic rings. The number of rotatable bonds is 4. The zero-order valence-electron chi connectivity index (χ0n) is 10.2. The summed E-state index contributed by atoms with van der Waals surface area (Å²) >= 11 is 5.28. The lowest BCUT2D eigenvalue weighted by molar-refractivity contribution is 0.567. The average molecular weight is 276 g/mol. The second kappa shape index (κ2) is 4.97. The molecule has 3 aromatic rings. The smallest absolute Gasteiger partial charge is 0.178 e. The summed E-state index contributed by atoms with van der Waals surface area (Å²) in [5, 5.41) is 0. The predicted molar refractivity (Wildman–Crippen MR) is 73.9 cm³/mol. The topological polar surface area (TPSA) is 38.5 Å². The number of aromatic amines is 1. The van der Waals surface area contributed by atoms with Gasteiger partial charge in [-0.25, -0.2) is 9.37 Å². The molecule has 0 amide bonds. The summed E-state index contributed by atoms with van der Waals surface area (Å²) in [5.41, 5.74) is 1.68. The van der Waals surface area contributed by atoms with E-state index in [2.05, 4.69) is 9.97 Å². The van der Waals surface area contributed by atoms with E-state index in [1.807, 2.05) is 15.3 Å². The van der Waals surface area contributed by atoms with Gasteiger partial charge in [0.05, 0.1) is 17.4 Å². The van der Waals surface area contributed by atoms with E-state index in [4.69, 9.17) is 12.2 Å². The molecule has 98 valence electrons. The van der Waals surface area contributed by atoms with E-state index >= 15 is 0 Å². The normalized spacial score (nSPS) is 11.2. The molecule has 0 atom stereocenters. The molecule has 19 heavy (non-hydrogen) atoms. The molecule has 0 radical (unpaired) electrons. The van der Waals surface area contributed by atoms with Crippen molar-refractivity contribution in [1.82, 2.24) is 19.1 Å². The number of nitrogens with one attached hydrogen (secondary N) is 1. The largest absolute Gasteiger partial charge is 0.337 e. The Kier molecular flexibility index (Phi) is 3.16. The van der Waals surface area contributed by atoms with Crippen LogP contribution in [0.25, 0.3) is 11.0 Å². The highest BCUT2D eigenvalue weighted by Crippen LogP contribution is 2.16. The molecule has 3 rings (SSSR count). The summed E-state index contributed by atoms with van der Waals surface area (Å²) in [4.78, 5) is 7.03. The van der Waals surface area contributed by atoms with Crippen LogP contribution in [0.1, 0.15) is 6.42 Å². The molecule has 1 N–H and O–H groups in total. The molecule has 2 heterocycles. The molecule has 0 saturated carbocycles. The molecular formula is C13H13FN4S. The van der Waals surface area contributed by atoms with Crippen molar-refractivity contribution in [3.05, 3.63) is 47.5 Å². The van der Waals surface area contributed by atoms with Crippen LogP contribution in [0.3, 0.4) is 0 Å². The fraction of sp³-hybridized carbons (Fsp3) is 0.231. The minimum atomic E-state index is -0.255. The number of benzene rings is 1. The maximum Gasteiger partial charge on any atom is 0.178 e. The van der Waals surface area contributed by atoms with Gasteiger partial charge in [0, 0.05) is 25.5 Å². The molecule has 0 saturated heterocycles. The molecular weight excluding hydrogens is 263 g/mol. The number of nitrogens with zero attached hydrogens (tertiary/aromatic N) is 3. The molecule has 0 aliphatic heterocycles. The van der Waals surface area contributed by atoms with Crippen LogP contribution in [0.15, 0.2) is 36.9 Å². The number of aromatic nitrogens is 4. The van der Waals surface area contributed by atoms with Gasteiger partial charge < -0.3 is 14.1 Å². The van der Waals surface area contributed by atoms with E-state index in [1.54, 1.807) is 18.6 Å². The Labute approximate surface area is 114 Å². The standard InChI is InChI=1S/C13H13FN4S/c14-10-2-3-12-11(8-10)16-13(19)18(12)6-1-5-17-7-4-15-9-17/h2-4,7-9H,1,5-6H2,(H,16,19). The van der Waals surface area contributed by atoms with E-state index in [0.717, 1.165) is 30.5 Å². The summed E-state index contributed by atoms with van der Waals surface area (Å²) in [6, 6.07) is 4.68. The highest BCUT2D eigenvalue weighted by atomic mass is 32.1. The molecule has 0 aliphatic carbocycles. The van der Waals surface area contributed by atoms with Crippen molar-refractivity contribution in [2.75, 3.05) is 0 Å². The SMILES string of the molecule is Fc1ccc2c(c1)[nH]c(=S)n2CCCn1ccnc1. The van der Waals surface area contributed by atoms with Crippen LogP contribution in [-0.4, -0.2) is 19.1 Å². The molecule has 6 heteroatoms. The van der Waals surface area contributed by atoms with Gasteiger partial charge in [-0.3, -0.25) is 0 Å². The maximum absolute atomic E-state index is 13.1. The first-order chi connectivity index (χ1) is 9.24. The molecule has 0 spiro atoms. The number of fused-ring (bicyclic) bond motifs is 1. The van der Waals surface area contributed by atoms with Crippen molar-refractivity contribution in [3.63, 3.8) is 0 Å². The Morgan fingerprint density at radius 2 is 2.21 bits per heavy atom. The third-order valence-electron chi connectivity index (χ3n) is 3.09. The lowest BCUT2D eigenvalue weighted by atomic mass is 10.3. The van der Waals surface area contributed by atoms with E-state index in [9.17, 15) is 4.39 Å². The monoisotopic (exact) mass is 276 g/mol. The third kappa shape index (κ3) is 2.44. The second-order valence-corrected chi connectivity index (χ2v) is 4.78. The van der Waals surface area contributed by atoms with Crippen LogP contribution in [0.4, 0.5) is 4.39 Å². The van der Waals surface area contributed by atoms with Gasteiger partial charge in [-0.05, 0) is 36.8 Å². The first kappa shape index (κ1) is 12.1. The Morgan fingerprint density at radius 1 is 1.32 bits per heavy atom. The average Bonchev–Trinajstić information content (AvgIpc) is 2.98. The highest BCUT2D eigenvalue weighted by molar-refractivity contribution is 7.71. The van der Waals surface area contributed by atoms with E-state index in [1.165, 1.54) is 12.1 Å². The summed E-state index contributed by atoms with van der Waals surface area (Å²) in [6.07, 6.45) is 6.43. The van der Waals surface area contributed by atoms with Crippen molar-refractivity contribution in [2.45, 2.75) is 19.5 Å². The fourth-order valence-corrected chi connectivity index (χ4v) is 2.49. The molecule has 0 bridgehead atoms. The van der Waals surface area contributed by atoms with Gasteiger partial charge in [0.2, 0.25) is 0 Å². The number of aryl methyl sites for hydroxylation is 2. The number of halogens is 1. The Morgan fingerprint density at radius 3 is 3.00 bits per heavy atom. The zero-order chi connectivity index (χ0) is 13.2. The van der Waals surface area contributed by atoms with Gasteiger partial charge in [0.25, 0.3) is 0 Å². The van der Waals surface area contributed by atoms with E-state index in [-0.39, 0.29) is 5.82 Å². The summed E-state index contributed by atoms with van der Waals surface area (Å²) in [5.74, 6) is -0.255. The quantitative estimate of drug-likeness (QED) is 0.744.